The molecule has 0 spiro atoms. The largest absolute Gasteiger partial charge is 0.264 e. The summed E-state index contributed by atoms with van der Waals surface area (Å²) >= 11 is 2.36. The molecule has 0 N–H and O–H groups in total. The molecule has 0 amide bonds. The lowest BCUT2D eigenvalue weighted by atomic mass is 10.1. The number of nitrogens with zero attached hydrogens (tertiary/aromatic N) is 2. The normalized spacial score (nSPS) is 10.9. The van der Waals surface area contributed by atoms with Gasteiger partial charge in [0.25, 0.3) is 0 Å². The Balaban J connectivity index is 2.37. The first-order chi connectivity index (χ1) is 7.99. The average molecular weight is 340 g/mol. The molecule has 17 heavy (non-hydrogen) atoms. The first kappa shape index (κ1) is 12.6. The molecule has 1 heterocycles. The minimum Gasteiger partial charge on any atom is -0.264 e. The fourth-order valence-electron chi connectivity index (χ4n) is 1.96. The van der Waals surface area contributed by atoms with Crippen molar-refractivity contribution in [3.63, 3.8) is 0 Å². The van der Waals surface area contributed by atoms with E-state index in [1.807, 2.05) is 0 Å². The fourth-order valence-corrected chi connectivity index (χ4v) is 2.35. The fraction of sp³-hybridized carbons (Fsp3) is 0.357. The van der Waals surface area contributed by atoms with Crippen LogP contribution in [0.25, 0.3) is 0 Å². The maximum Gasteiger partial charge on any atom is 0.0730 e. The molecule has 2 aromatic rings. The second kappa shape index (κ2) is 4.80. The molecule has 0 aliphatic carbocycles. The van der Waals surface area contributed by atoms with E-state index in [0.29, 0.717) is 0 Å². The van der Waals surface area contributed by atoms with Crippen LogP contribution in [0.15, 0.2) is 18.2 Å². The van der Waals surface area contributed by atoms with E-state index in [2.05, 4.69) is 78.3 Å². The molecule has 0 aliphatic heterocycles. The van der Waals surface area contributed by atoms with Crippen LogP contribution < -0.4 is 0 Å². The second-order valence-corrected chi connectivity index (χ2v) is 5.65. The van der Waals surface area contributed by atoms with Gasteiger partial charge in [0.2, 0.25) is 0 Å². The van der Waals surface area contributed by atoms with Gasteiger partial charge >= 0.3 is 0 Å². The van der Waals surface area contributed by atoms with Gasteiger partial charge in [-0.05, 0) is 61.4 Å². The van der Waals surface area contributed by atoms with Crippen molar-refractivity contribution in [3.05, 3.63) is 49.8 Å². The SMILES string of the molecule is Cc1ccc(C)c(Cn2nc(C)c(I)c2C)c1. The topological polar surface area (TPSA) is 17.8 Å². The third kappa shape index (κ3) is 2.54. The molecular weight excluding hydrogens is 323 g/mol. The summed E-state index contributed by atoms with van der Waals surface area (Å²) in [6, 6.07) is 6.59. The van der Waals surface area contributed by atoms with Crippen LogP contribution in [0.3, 0.4) is 0 Å². The van der Waals surface area contributed by atoms with Gasteiger partial charge in [-0.3, -0.25) is 4.68 Å². The zero-order chi connectivity index (χ0) is 12.6. The van der Waals surface area contributed by atoms with Crippen LogP contribution in [-0.4, -0.2) is 9.78 Å². The quantitative estimate of drug-likeness (QED) is 0.761. The van der Waals surface area contributed by atoms with Crippen molar-refractivity contribution < 1.29 is 0 Å². The lowest BCUT2D eigenvalue weighted by Gasteiger charge is -2.09. The average Bonchev–Trinajstić information content (AvgIpc) is 2.52. The molecule has 1 aromatic heterocycles. The highest BCUT2D eigenvalue weighted by molar-refractivity contribution is 14.1. The molecule has 0 saturated carbocycles. The number of halogens is 1. The third-order valence-corrected chi connectivity index (χ3v) is 4.68. The van der Waals surface area contributed by atoms with E-state index >= 15 is 0 Å². The van der Waals surface area contributed by atoms with Gasteiger partial charge in [-0.1, -0.05) is 23.8 Å². The van der Waals surface area contributed by atoms with E-state index in [4.69, 9.17) is 0 Å². The molecule has 0 atom stereocenters. The Hall–Kier alpha value is -0.840. The summed E-state index contributed by atoms with van der Waals surface area (Å²) in [5.41, 5.74) is 6.37. The Bertz CT molecular complexity index is 556. The highest BCUT2D eigenvalue weighted by Gasteiger charge is 2.09. The Morgan fingerprint density at radius 1 is 1.18 bits per heavy atom. The lowest BCUT2D eigenvalue weighted by Crippen LogP contribution is -2.05. The van der Waals surface area contributed by atoms with Gasteiger partial charge in [0, 0.05) is 5.69 Å². The van der Waals surface area contributed by atoms with Crippen LogP contribution in [0.2, 0.25) is 0 Å². The number of hydrogen-bond acceptors (Lipinski definition) is 1. The Morgan fingerprint density at radius 2 is 1.88 bits per heavy atom. The van der Waals surface area contributed by atoms with E-state index in [1.165, 1.54) is 26.0 Å². The molecule has 0 fully saturated rings. The molecule has 90 valence electrons. The lowest BCUT2D eigenvalue weighted by molar-refractivity contribution is 0.656. The van der Waals surface area contributed by atoms with Crippen molar-refractivity contribution >= 4 is 22.6 Å². The van der Waals surface area contributed by atoms with Gasteiger partial charge in [-0.25, -0.2) is 0 Å². The van der Waals surface area contributed by atoms with Crippen molar-refractivity contribution in [2.45, 2.75) is 34.2 Å². The summed E-state index contributed by atoms with van der Waals surface area (Å²) in [7, 11) is 0. The summed E-state index contributed by atoms with van der Waals surface area (Å²) in [6.45, 7) is 9.35. The predicted molar refractivity (Wildman–Crippen MR) is 79.4 cm³/mol. The Labute approximate surface area is 116 Å². The molecule has 0 unspecified atom stereocenters. The van der Waals surface area contributed by atoms with E-state index in [9.17, 15) is 0 Å². The van der Waals surface area contributed by atoms with Crippen LogP contribution >= 0.6 is 22.6 Å². The van der Waals surface area contributed by atoms with Gasteiger partial charge in [0.1, 0.15) is 0 Å². The van der Waals surface area contributed by atoms with Gasteiger partial charge in [-0.15, -0.1) is 0 Å². The van der Waals surface area contributed by atoms with Crippen molar-refractivity contribution in [1.82, 2.24) is 9.78 Å². The van der Waals surface area contributed by atoms with Crippen LogP contribution in [-0.2, 0) is 6.54 Å². The smallest absolute Gasteiger partial charge is 0.0730 e. The molecule has 1 aromatic carbocycles. The van der Waals surface area contributed by atoms with Crippen molar-refractivity contribution in [2.24, 2.45) is 0 Å². The predicted octanol–water partition coefficient (Wildman–Crippen LogP) is 3.77. The highest BCUT2D eigenvalue weighted by Crippen LogP contribution is 2.18. The van der Waals surface area contributed by atoms with E-state index in [0.717, 1.165) is 12.2 Å². The first-order valence-corrected chi connectivity index (χ1v) is 6.82. The standard InChI is InChI=1S/C14H17IN2/c1-9-5-6-10(2)13(7-9)8-17-12(4)14(15)11(3)16-17/h5-7H,8H2,1-4H3. The monoisotopic (exact) mass is 340 g/mol. The van der Waals surface area contributed by atoms with Gasteiger partial charge < -0.3 is 0 Å². The van der Waals surface area contributed by atoms with Crippen LogP contribution in [0, 0.1) is 31.3 Å². The van der Waals surface area contributed by atoms with Crippen molar-refractivity contribution in [2.75, 3.05) is 0 Å². The maximum atomic E-state index is 4.58. The van der Waals surface area contributed by atoms with Gasteiger partial charge in [-0.2, -0.15) is 5.10 Å². The summed E-state index contributed by atoms with van der Waals surface area (Å²) in [4.78, 5) is 0. The first-order valence-electron chi connectivity index (χ1n) is 5.74. The van der Waals surface area contributed by atoms with E-state index in [1.54, 1.807) is 0 Å². The molecule has 2 rings (SSSR count). The molecule has 3 heteroatoms. The molecule has 0 saturated heterocycles. The minimum absolute atomic E-state index is 0.864. The van der Waals surface area contributed by atoms with E-state index in [-0.39, 0.29) is 0 Å². The second-order valence-electron chi connectivity index (χ2n) is 4.57. The summed E-state index contributed by atoms with van der Waals surface area (Å²) in [5, 5.41) is 4.58. The van der Waals surface area contributed by atoms with E-state index < -0.39 is 0 Å². The van der Waals surface area contributed by atoms with Crippen LogP contribution in [0.5, 0.6) is 0 Å². The number of benzene rings is 1. The van der Waals surface area contributed by atoms with Crippen molar-refractivity contribution in [3.8, 4) is 0 Å². The number of rotatable bonds is 2. The minimum atomic E-state index is 0.864. The summed E-state index contributed by atoms with van der Waals surface area (Å²) < 4.78 is 3.37. The molecule has 0 aliphatic rings. The molecule has 0 radical (unpaired) electrons. The number of hydrogen-bond donors (Lipinski definition) is 0. The molecule has 0 bridgehead atoms. The van der Waals surface area contributed by atoms with Gasteiger partial charge in [0.05, 0.1) is 15.8 Å². The number of aromatic nitrogens is 2. The molecular formula is C14H17IN2. The maximum absolute atomic E-state index is 4.58. The Kier molecular flexibility index (Phi) is 3.56. The Morgan fingerprint density at radius 3 is 2.47 bits per heavy atom. The number of aryl methyl sites for hydroxylation is 3. The zero-order valence-corrected chi connectivity index (χ0v) is 12.9. The zero-order valence-electron chi connectivity index (χ0n) is 10.7. The van der Waals surface area contributed by atoms with Crippen LogP contribution in [0.1, 0.15) is 28.1 Å². The van der Waals surface area contributed by atoms with Crippen molar-refractivity contribution in [1.29, 1.82) is 0 Å². The highest BCUT2D eigenvalue weighted by atomic mass is 127. The summed E-state index contributed by atoms with van der Waals surface area (Å²) in [5.74, 6) is 0. The third-order valence-electron chi connectivity index (χ3n) is 3.12. The summed E-state index contributed by atoms with van der Waals surface area (Å²) in [6.07, 6.45) is 0. The molecule has 2 nitrogen and oxygen atoms in total. The van der Waals surface area contributed by atoms with Crippen LogP contribution in [0.4, 0.5) is 0 Å². The van der Waals surface area contributed by atoms with Gasteiger partial charge in [0.15, 0.2) is 0 Å².